The van der Waals surface area contributed by atoms with Gasteiger partial charge in [-0.15, -0.1) is 0 Å². The van der Waals surface area contributed by atoms with Crippen molar-refractivity contribution in [1.29, 1.82) is 0 Å². The van der Waals surface area contributed by atoms with Crippen molar-refractivity contribution in [2.45, 2.75) is 40.7 Å². The topological polar surface area (TPSA) is 67.1 Å². The maximum absolute atomic E-state index is 12.4. The van der Waals surface area contributed by atoms with E-state index < -0.39 is 0 Å². The molecule has 0 saturated carbocycles. The van der Waals surface area contributed by atoms with Gasteiger partial charge in [0.1, 0.15) is 26.2 Å². The zero-order chi connectivity index (χ0) is 20.0. The number of aryl methyl sites for hydroxylation is 2. The Kier molecular flexibility index (Phi) is 7.80. The number of rotatable bonds is 7. The van der Waals surface area contributed by atoms with Gasteiger partial charge in [0.05, 0.1) is 0 Å². The molecule has 0 bridgehead atoms. The predicted octanol–water partition coefficient (Wildman–Crippen LogP) is -0.814. The van der Waals surface area contributed by atoms with Crippen LogP contribution < -0.4 is 20.4 Å². The van der Waals surface area contributed by atoms with Crippen molar-refractivity contribution in [2.24, 2.45) is 5.92 Å². The number of hydrogen-bond donors (Lipinski definition) is 4. The second-order valence-corrected chi connectivity index (χ2v) is 8.27. The van der Waals surface area contributed by atoms with E-state index in [4.69, 9.17) is 0 Å². The lowest BCUT2D eigenvalue weighted by molar-refractivity contribution is -1.00. The number of benzene rings is 1. The third-order valence-corrected chi connectivity index (χ3v) is 5.62. The van der Waals surface area contributed by atoms with Gasteiger partial charge in [-0.25, -0.2) is 0 Å². The second kappa shape index (κ2) is 9.85. The molecule has 2 amide bonds. The summed E-state index contributed by atoms with van der Waals surface area (Å²) in [5.74, 6) is 0.636. The average molecular weight is 377 g/mol. The minimum Gasteiger partial charge on any atom is -0.348 e. The summed E-state index contributed by atoms with van der Waals surface area (Å²) in [4.78, 5) is 27.2. The van der Waals surface area contributed by atoms with Crippen LogP contribution in [0, 0.1) is 19.8 Å². The van der Waals surface area contributed by atoms with Crippen LogP contribution in [-0.2, 0) is 9.59 Å². The van der Waals surface area contributed by atoms with E-state index in [1.807, 2.05) is 32.0 Å². The molecule has 1 aliphatic rings. The Balaban J connectivity index is 1.74. The molecule has 27 heavy (non-hydrogen) atoms. The maximum Gasteiger partial charge on any atom is 0.279 e. The van der Waals surface area contributed by atoms with E-state index in [0.717, 1.165) is 43.0 Å². The van der Waals surface area contributed by atoms with Crippen molar-refractivity contribution in [3.63, 3.8) is 0 Å². The van der Waals surface area contributed by atoms with Crippen LogP contribution in [0.5, 0.6) is 0 Å². The first-order valence-corrected chi connectivity index (χ1v) is 10.1. The summed E-state index contributed by atoms with van der Waals surface area (Å²) in [6, 6.07) is 6.24. The lowest BCUT2D eigenvalue weighted by atomic mass is 10.1. The molecule has 150 valence electrons. The van der Waals surface area contributed by atoms with Crippen molar-refractivity contribution in [3.05, 3.63) is 29.3 Å². The van der Waals surface area contributed by atoms with Crippen molar-refractivity contribution in [3.8, 4) is 0 Å². The molecule has 0 radical (unpaired) electrons. The number of carbonyl (C=O) groups excluding carboxylic acids is 2. The first-order chi connectivity index (χ1) is 12.8. The molecule has 0 aromatic heterocycles. The highest BCUT2D eigenvalue weighted by Crippen LogP contribution is 2.18. The maximum atomic E-state index is 12.4. The molecule has 1 aromatic carbocycles. The van der Waals surface area contributed by atoms with Gasteiger partial charge in [0.25, 0.3) is 11.8 Å². The molecule has 1 heterocycles. The Bertz CT molecular complexity index is 631. The Morgan fingerprint density at radius 2 is 1.41 bits per heavy atom. The van der Waals surface area contributed by atoms with Crippen LogP contribution in [0.1, 0.15) is 31.9 Å². The van der Waals surface area contributed by atoms with E-state index in [2.05, 4.69) is 31.4 Å². The Labute approximate surface area is 163 Å². The molecule has 1 atom stereocenters. The molecule has 6 nitrogen and oxygen atoms in total. The Hall–Kier alpha value is -1.92. The average Bonchev–Trinajstić information content (AvgIpc) is 2.60. The van der Waals surface area contributed by atoms with E-state index >= 15 is 0 Å². The van der Waals surface area contributed by atoms with Crippen LogP contribution in [0.15, 0.2) is 18.2 Å². The smallest absolute Gasteiger partial charge is 0.279 e. The van der Waals surface area contributed by atoms with E-state index in [1.54, 1.807) is 0 Å². The van der Waals surface area contributed by atoms with Crippen LogP contribution in [0.25, 0.3) is 0 Å². The lowest BCUT2D eigenvalue weighted by Gasteiger charge is -2.29. The number of quaternary nitrogens is 2. The van der Waals surface area contributed by atoms with Crippen molar-refractivity contribution in [1.82, 2.24) is 5.32 Å². The first kappa shape index (κ1) is 21.4. The largest absolute Gasteiger partial charge is 0.348 e. The van der Waals surface area contributed by atoms with E-state index in [0.29, 0.717) is 19.0 Å². The number of para-hydroxylation sites is 1. The summed E-state index contributed by atoms with van der Waals surface area (Å²) in [5.41, 5.74) is 3.12. The van der Waals surface area contributed by atoms with Gasteiger partial charge in [-0.1, -0.05) is 32.0 Å². The monoisotopic (exact) mass is 376 g/mol. The summed E-state index contributed by atoms with van der Waals surface area (Å²) in [5, 5.41) is 6.15. The van der Waals surface area contributed by atoms with Crippen LogP contribution in [0.4, 0.5) is 5.69 Å². The molecule has 0 unspecified atom stereocenters. The van der Waals surface area contributed by atoms with Gasteiger partial charge in [0, 0.05) is 11.7 Å². The summed E-state index contributed by atoms with van der Waals surface area (Å²) in [6.07, 6.45) is 0. The fraction of sp³-hybridized carbons (Fsp3) is 0.619. The van der Waals surface area contributed by atoms with E-state index in [1.165, 1.54) is 9.80 Å². The van der Waals surface area contributed by atoms with E-state index in [9.17, 15) is 9.59 Å². The van der Waals surface area contributed by atoms with Gasteiger partial charge in [-0.3, -0.25) is 9.59 Å². The Morgan fingerprint density at radius 3 is 1.89 bits per heavy atom. The normalized spacial score (nSPS) is 21.0. The Morgan fingerprint density at radius 1 is 0.926 bits per heavy atom. The van der Waals surface area contributed by atoms with Crippen molar-refractivity contribution in [2.75, 3.05) is 44.6 Å². The van der Waals surface area contributed by atoms with Crippen LogP contribution in [-0.4, -0.2) is 57.1 Å². The summed E-state index contributed by atoms with van der Waals surface area (Å²) >= 11 is 0. The summed E-state index contributed by atoms with van der Waals surface area (Å²) in [6.45, 7) is 15.0. The SMILES string of the molecule is Cc1cccc(C)c1NC(=O)C[NH+]1CC[NH+](CC(=O)N[C@H](C)C(C)C)CC1. The fourth-order valence-corrected chi connectivity index (χ4v) is 3.43. The van der Waals surface area contributed by atoms with Crippen molar-refractivity contribution < 1.29 is 19.4 Å². The van der Waals surface area contributed by atoms with Crippen molar-refractivity contribution >= 4 is 17.5 Å². The zero-order valence-electron chi connectivity index (χ0n) is 17.4. The molecule has 1 aliphatic heterocycles. The highest BCUT2D eigenvalue weighted by Gasteiger charge is 2.27. The quantitative estimate of drug-likeness (QED) is 0.503. The second-order valence-electron chi connectivity index (χ2n) is 8.27. The zero-order valence-corrected chi connectivity index (χ0v) is 17.4. The number of carbonyl (C=O) groups is 2. The van der Waals surface area contributed by atoms with Crippen LogP contribution >= 0.6 is 0 Å². The molecule has 0 aliphatic carbocycles. The summed E-state index contributed by atoms with van der Waals surface area (Å²) < 4.78 is 0. The molecule has 1 fully saturated rings. The minimum absolute atomic E-state index is 0.0642. The van der Waals surface area contributed by atoms with Crippen LogP contribution in [0.3, 0.4) is 0 Å². The molecule has 1 saturated heterocycles. The van der Waals surface area contributed by atoms with Gasteiger partial charge < -0.3 is 20.4 Å². The standard InChI is InChI=1S/C21H34N4O2/c1-15(2)18(5)22-19(26)13-24-9-11-25(12-10-24)14-20(27)23-21-16(3)7-6-8-17(21)4/h6-8,15,18H,9-14H2,1-5H3,(H,22,26)(H,23,27)/p+2/t18-/m1/s1. The van der Waals surface area contributed by atoms with Gasteiger partial charge in [-0.2, -0.15) is 0 Å². The number of amides is 2. The number of anilines is 1. The van der Waals surface area contributed by atoms with Gasteiger partial charge in [0.2, 0.25) is 0 Å². The fourth-order valence-electron chi connectivity index (χ4n) is 3.43. The van der Waals surface area contributed by atoms with Gasteiger partial charge >= 0.3 is 0 Å². The van der Waals surface area contributed by atoms with Crippen LogP contribution in [0.2, 0.25) is 0 Å². The number of piperazine rings is 1. The van der Waals surface area contributed by atoms with E-state index in [-0.39, 0.29) is 17.9 Å². The molecular weight excluding hydrogens is 340 g/mol. The van der Waals surface area contributed by atoms with Gasteiger partial charge in [0.15, 0.2) is 13.1 Å². The molecule has 2 rings (SSSR count). The first-order valence-electron chi connectivity index (χ1n) is 10.1. The number of hydrogen-bond acceptors (Lipinski definition) is 2. The molecule has 4 N–H and O–H groups in total. The molecule has 6 heteroatoms. The molecular formula is C21H36N4O2+2. The highest BCUT2D eigenvalue weighted by atomic mass is 16.2. The predicted molar refractivity (Wildman–Crippen MR) is 108 cm³/mol. The summed E-state index contributed by atoms with van der Waals surface area (Å²) in [7, 11) is 0. The lowest BCUT2D eigenvalue weighted by Crippen LogP contribution is -3.28. The molecule has 1 aromatic rings. The molecule has 0 spiro atoms. The van der Waals surface area contributed by atoms with Gasteiger partial charge in [-0.05, 0) is 37.8 Å². The number of nitrogens with one attached hydrogen (secondary N) is 4. The minimum atomic E-state index is 0.0642. The highest BCUT2D eigenvalue weighted by molar-refractivity contribution is 5.93. The third-order valence-electron chi connectivity index (χ3n) is 5.62. The third kappa shape index (κ3) is 6.63.